The van der Waals surface area contributed by atoms with Crippen LogP contribution in [-0.4, -0.2) is 19.8 Å². The highest BCUT2D eigenvalue weighted by Crippen LogP contribution is 2.35. The predicted molar refractivity (Wildman–Crippen MR) is 77.7 cm³/mol. The van der Waals surface area contributed by atoms with Crippen LogP contribution in [0.15, 0.2) is 12.1 Å². The summed E-state index contributed by atoms with van der Waals surface area (Å²) in [7, 11) is 1.68. The van der Waals surface area contributed by atoms with Gasteiger partial charge in [-0.05, 0) is 55.4 Å². The normalized spacial score (nSPS) is 16.4. The van der Waals surface area contributed by atoms with Crippen LogP contribution in [0.5, 0.6) is 5.75 Å². The summed E-state index contributed by atoms with van der Waals surface area (Å²) in [4.78, 5) is 0. The van der Waals surface area contributed by atoms with Crippen molar-refractivity contribution in [1.82, 2.24) is 0 Å². The molecule has 19 heavy (non-hydrogen) atoms. The van der Waals surface area contributed by atoms with Gasteiger partial charge in [-0.15, -0.1) is 0 Å². The number of hydrogen-bond acceptors (Lipinski definition) is 3. The molecule has 1 aromatic carbocycles. The Morgan fingerprint density at radius 1 is 1.42 bits per heavy atom. The van der Waals surface area contributed by atoms with Crippen LogP contribution in [0.2, 0.25) is 5.02 Å². The zero-order valence-electron chi connectivity index (χ0n) is 11.6. The smallest absolute Gasteiger partial charge is 0.141 e. The van der Waals surface area contributed by atoms with Gasteiger partial charge >= 0.3 is 0 Å². The largest absolute Gasteiger partial charge is 0.491 e. The first-order chi connectivity index (χ1) is 9.10. The first kappa shape index (κ1) is 14.6. The molecule has 1 fully saturated rings. The van der Waals surface area contributed by atoms with E-state index in [-0.39, 0.29) is 6.04 Å². The number of methoxy groups -OCH3 is 1. The van der Waals surface area contributed by atoms with E-state index in [1.807, 2.05) is 13.0 Å². The Morgan fingerprint density at radius 3 is 2.74 bits per heavy atom. The fraction of sp³-hybridized carbons (Fsp3) is 0.600. The number of rotatable bonds is 7. The quantitative estimate of drug-likeness (QED) is 0.836. The Labute approximate surface area is 120 Å². The molecule has 0 aliphatic heterocycles. The van der Waals surface area contributed by atoms with Crippen molar-refractivity contribution in [3.8, 4) is 5.75 Å². The molecule has 4 heteroatoms. The third-order valence-electron chi connectivity index (χ3n) is 3.19. The Balaban J connectivity index is 2.20. The predicted octanol–water partition coefficient (Wildman–Crippen LogP) is 3.16. The molecule has 2 N–H and O–H groups in total. The molecule has 1 aromatic rings. The maximum Gasteiger partial charge on any atom is 0.141 e. The van der Waals surface area contributed by atoms with E-state index in [0.717, 1.165) is 29.9 Å². The van der Waals surface area contributed by atoms with Gasteiger partial charge in [-0.25, -0.2) is 0 Å². The number of benzene rings is 1. The Kier molecular flexibility index (Phi) is 5.08. The lowest BCUT2D eigenvalue weighted by molar-refractivity contribution is 0.184. The van der Waals surface area contributed by atoms with E-state index in [4.69, 9.17) is 26.8 Å². The standard InChI is InChI=1S/C15H22ClNO2/c1-10(17)5-13-6-12(8-18-2)7-14(16)15(13)19-9-11-3-4-11/h6-7,10-11H,3-5,8-9,17H2,1-2H3. The molecule has 1 unspecified atom stereocenters. The minimum Gasteiger partial charge on any atom is -0.491 e. The van der Waals surface area contributed by atoms with Crippen molar-refractivity contribution in [2.75, 3.05) is 13.7 Å². The minimum absolute atomic E-state index is 0.0807. The zero-order chi connectivity index (χ0) is 13.8. The summed E-state index contributed by atoms with van der Waals surface area (Å²) in [5, 5.41) is 0.658. The van der Waals surface area contributed by atoms with E-state index in [2.05, 4.69) is 6.07 Å². The molecule has 3 nitrogen and oxygen atoms in total. The topological polar surface area (TPSA) is 44.5 Å². The minimum atomic E-state index is 0.0807. The van der Waals surface area contributed by atoms with Gasteiger partial charge in [0.15, 0.2) is 0 Å². The molecule has 0 aromatic heterocycles. The van der Waals surface area contributed by atoms with Crippen molar-refractivity contribution in [3.05, 3.63) is 28.3 Å². The van der Waals surface area contributed by atoms with E-state index in [0.29, 0.717) is 17.5 Å². The summed E-state index contributed by atoms with van der Waals surface area (Å²) in [5.74, 6) is 1.50. The van der Waals surface area contributed by atoms with Crippen LogP contribution in [0.3, 0.4) is 0 Å². The van der Waals surface area contributed by atoms with Gasteiger partial charge in [0.2, 0.25) is 0 Å². The van der Waals surface area contributed by atoms with Crippen LogP contribution in [0, 0.1) is 5.92 Å². The Hall–Kier alpha value is -0.770. The number of ether oxygens (including phenoxy) is 2. The molecule has 106 valence electrons. The van der Waals surface area contributed by atoms with Gasteiger partial charge in [0.25, 0.3) is 0 Å². The lowest BCUT2D eigenvalue weighted by Gasteiger charge is -2.16. The van der Waals surface area contributed by atoms with Crippen molar-refractivity contribution >= 4 is 11.6 Å². The highest BCUT2D eigenvalue weighted by Gasteiger charge is 2.23. The monoisotopic (exact) mass is 283 g/mol. The van der Waals surface area contributed by atoms with Gasteiger partial charge in [0.05, 0.1) is 18.2 Å². The molecule has 0 amide bonds. The maximum absolute atomic E-state index is 6.34. The van der Waals surface area contributed by atoms with E-state index < -0.39 is 0 Å². The van der Waals surface area contributed by atoms with Gasteiger partial charge in [-0.3, -0.25) is 0 Å². The molecular formula is C15H22ClNO2. The van der Waals surface area contributed by atoms with Crippen LogP contribution >= 0.6 is 11.6 Å². The Morgan fingerprint density at radius 2 is 2.16 bits per heavy atom. The highest BCUT2D eigenvalue weighted by molar-refractivity contribution is 6.32. The molecule has 2 rings (SSSR count). The summed E-state index contributed by atoms with van der Waals surface area (Å²) in [5.41, 5.74) is 8.04. The lowest BCUT2D eigenvalue weighted by atomic mass is 10.0. The summed E-state index contributed by atoms with van der Waals surface area (Å²) >= 11 is 6.34. The maximum atomic E-state index is 6.34. The lowest BCUT2D eigenvalue weighted by Crippen LogP contribution is -2.19. The van der Waals surface area contributed by atoms with E-state index >= 15 is 0 Å². The SMILES string of the molecule is COCc1cc(Cl)c(OCC2CC2)c(CC(C)N)c1. The molecular weight excluding hydrogens is 262 g/mol. The van der Waals surface area contributed by atoms with Crippen molar-refractivity contribution in [1.29, 1.82) is 0 Å². The second kappa shape index (κ2) is 6.60. The molecule has 0 bridgehead atoms. The first-order valence-electron chi connectivity index (χ1n) is 6.78. The van der Waals surface area contributed by atoms with E-state index in [9.17, 15) is 0 Å². The molecule has 1 aliphatic carbocycles. The third-order valence-corrected chi connectivity index (χ3v) is 3.47. The first-order valence-corrected chi connectivity index (χ1v) is 7.16. The molecule has 0 spiro atoms. The zero-order valence-corrected chi connectivity index (χ0v) is 12.4. The summed E-state index contributed by atoms with van der Waals surface area (Å²) in [6.07, 6.45) is 3.29. The molecule has 0 saturated heterocycles. The van der Waals surface area contributed by atoms with Crippen LogP contribution < -0.4 is 10.5 Å². The average Bonchev–Trinajstić information content (AvgIpc) is 3.11. The number of halogens is 1. The molecule has 0 heterocycles. The van der Waals surface area contributed by atoms with Crippen LogP contribution in [0.1, 0.15) is 30.9 Å². The summed E-state index contributed by atoms with van der Waals surface area (Å²) in [6, 6.07) is 4.08. The number of nitrogens with two attached hydrogens (primary N) is 1. The van der Waals surface area contributed by atoms with E-state index in [1.54, 1.807) is 7.11 Å². The fourth-order valence-corrected chi connectivity index (χ4v) is 2.42. The van der Waals surface area contributed by atoms with Gasteiger partial charge < -0.3 is 15.2 Å². The second-order valence-corrected chi connectivity index (χ2v) is 5.84. The van der Waals surface area contributed by atoms with Crippen molar-refractivity contribution in [2.24, 2.45) is 11.7 Å². The molecule has 1 aliphatic rings. The van der Waals surface area contributed by atoms with Gasteiger partial charge in [0.1, 0.15) is 5.75 Å². The fourth-order valence-electron chi connectivity index (χ4n) is 2.11. The Bertz CT molecular complexity index is 430. The van der Waals surface area contributed by atoms with Crippen LogP contribution in [0.4, 0.5) is 0 Å². The van der Waals surface area contributed by atoms with Crippen LogP contribution in [0.25, 0.3) is 0 Å². The molecule has 0 radical (unpaired) electrons. The highest BCUT2D eigenvalue weighted by atomic mass is 35.5. The summed E-state index contributed by atoms with van der Waals surface area (Å²) < 4.78 is 11.1. The van der Waals surface area contributed by atoms with Gasteiger partial charge in [0, 0.05) is 13.2 Å². The van der Waals surface area contributed by atoms with Gasteiger partial charge in [-0.2, -0.15) is 0 Å². The van der Waals surface area contributed by atoms with Crippen LogP contribution in [-0.2, 0) is 17.8 Å². The summed E-state index contributed by atoms with van der Waals surface area (Å²) in [6.45, 7) is 3.30. The van der Waals surface area contributed by atoms with E-state index in [1.165, 1.54) is 12.8 Å². The average molecular weight is 284 g/mol. The number of hydrogen-bond donors (Lipinski definition) is 1. The van der Waals surface area contributed by atoms with Crippen molar-refractivity contribution < 1.29 is 9.47 Å². The van der Waals surface area contributed by atoms with Crippen molar-refractivity contribution in [2.45, 2.75) is 38.8 Å². The van der Waals surface area contributed by atoms with Gasteiger partial charge in [-0.1, -0.05) is 11.6 Å². The molecule has 1 saturated carbocycles. The third kappa shape index (κ3) is 4.37. The molecule has 1 atom stereocenters. The second-order valence-electron chi connectivity index (χ2n) is 5.43. The van der Waals surface area contributed by atoms with Crippen molar-refractivity contribution in [3.63, 3.8) is 0 Å².